The lowest BCUT2D eigenvalue weighted by Crippen LogP contribution is -2.34. The van der Waals surface area contributed by atoms with E-state index in [0.29, 0.717) is 27.9 Å². The molecule has 2 aromatic carbocycles. The normalized spacial score (nSPS) is 17.1. The Balaban J connectivity index is 1.73. The van der Waals surface area contributed by atoms with Crippen molar-refractivity contribution in [3.05, 3.63) is 91.1 Å². The standard InChI is InChI=1S/C23H16N4O2S2/c1-26-17-10-14-12-5-3-4-6-13(12)21(28)19(14)18(20(17)22(29)27(2)23(26)30)11-7-8-15-16(9-11)25-31-24-15/h3-9,18H,10H2,1-2H3. The van der Waals surface area contributed by atoms with E-state index in [-0.39, 0.29) is 11.3 Å². The molecule has 0 spiro atoms. The number of carbonyl (C=O) groups excluding carboxylic acids is 1. The summed E-state index contributed by atoms with van der Waals surface area (Å²) in [5.74, 6) is -0.491. The molecule has 2 aliphatic carbocycles. The number of hydrogen-bond donors (Lipinski definition) is 0. The zero-order valence-electron chi connectivity index (χ0n) is 16.7. The number of hydrogen-bond acceptors (Lipinski definition) is 6. The van der Waals surface area contributed by atoms with Crippen LogP contribution in [0.5, 0.6) is 0 Å². The molecule has 0 bridgehead atoms. The first-order valence-corrected chi connectivity index (χ1v) is 11.0. The zero-order valence-corrected chi connectivity index (χ0v) is 18.4. The predicted octanol–water partition coefficient (Wildman–Crippen LogP) is 3.80. The molecule has 0 radical (unpaired) electrons. The summed E-state index contributed by atoms with van der Waals surface area (Å²) in [5.41, 5.74) is 7.05. The van der Waals surface area contributed by atoms with E-state index in [4.69, 9.17) is 12.2 Å². The van der Waals surface area contributed by atoms with Crippen molar-refractivity contribution in [3.63, 3.8) is 0 Å². The average Bonchev–Trinajstić information content (AvgIpc) is 3.37. The lowest BCUT2D eigenvalue weighted by molar-refractivity contribution is 0.103. The van der Waals surface area contributed by atoms with Crippen LogP contribution in [0.2, 0.25) is 0 Å². The van der Waals surface area contributed by atoms with Gasteiger partial charge in [0.05, 0.1) is 11.7 Å². The molecule has 6 rings (SSSR count). The number of allylic oxidation sites excluding steroid dienone is 2. The Morgan fingerprint density at radius 2 is 1.74 bits per heavy atom. The summed E-state index contributed by atoms with van der Waals surface area (Å²) in [6.07, 6.45) is 0.501. The minimum atomic E-state index is -0.481. The Labute approximate surface area is 186 Å². The van der Waals surface area contributed by atoms with E-state index in [2.05, 4.69) is 8.75 Å². The maximum atomic E-state index is 13.6. The minimum absolute atomic E-state index is 0.00935. The van der Waals surface area contributed by atoms with Crippen LogP contribution < -0.4 is 5.56 Å². The lowest BCUT2D eigenvalue weighted by Gasteiger charge is -2.29. The highest BCUT2D eigenvalue weighted by molar-refractivity contribution is 7.71. The summed E-state index contributed by atoms with van der Waals surface area (Å²) in [7, 11) is 3.57. The number of nitrogens with zero attached hydrogens (tertiary/aromatic N) is 4. The Morgan fingerprint density at radius 1 is 1.00 bits per heavy atom. The third-order valence-corrected chi connectivity index (χ3v) is 7.53. The number of aromatic nitrogens is 4. The topological polar surface area (TPSA) is 69.8 Å². The van der Waals surface area contributed by atoms with Gasteiger partial charge in [-0.15, -0.1) is 0 Å². The fourth-order valence-corrected chi connectivity index (χ4v) is 5.62. The van der Waals surface area contributed by atoms with Crippen LogP contribution in [0.1, 0.15) is 38.7 Å². The SMILES string of the molecule is Cn1c2c(c(=O)n(C)c1=S)C(c1ccc3nsnc3c1)C1=C(C2)c2ccccc2C1=O. The van der Waals surface area contributed by atoms with Crippen molar-refractivity contribution in [2.45, 2.75) is 12.3 Å². The number of rotatable bonds is 1. The molecule has 1 unspecified atom stereocenters. The second-order valence-electron chi connectivity index (χ2n) is 7.96. The van der Waals surface area contributed by atoms with E-state index in [1.54, 1.807) is 7.05 Å². The summed E-state index contributed by atoms with van der Waals surface area (Å²) < 4.78 is 12.5. The number of Topliss-reactive ketones (excluding diaryl/α,β-unsaturated/α-hetero) is 1. The summed E-state index contributed by atoms with van der Waals surface area (Å²) in [6.45, 7) is 0. The van der Waals surface area contributed by atoms with Crippen molar-refractivity contribution >= 4 is 46.3 Å². The molecule has 0 saturated heterocycles. The van der Waals surface area contributed by atoms with Crippen LogP contribution in [-0.4, -0.2) is 23.7 Å². The summed E-state index contributed by atoms with van der Waals surface area (Å²) in [4.78, 5) is 27.0. The van der Waals surface area contributed by atoms with E-state index >= 15 is 0 Å². The van der Waals surface area contributed by atoms with Gasteiger partial charge in [-0.1, -0.05) is 30.3 Å². The average molecular weight is 445 g/mol. The smallest absolute Gasteiger partial charge is 0.258 e. The highest BCUT2D eigenvalue weighted by Crippen LogP contribution is 2.48. The van der Waals surface area contributed by atoms with Gasteiger partial charge in [-0.25, -0.2) is 0 Å². The fraction of sp³-hybridized carbons (Fsp3) is 0.174. The van der Waals surface area contributed by atoms with Gasteiger partial charge in [0, 0.05) is 48.8 Å². The van der Waals surface area contributed by atoms with Gasteiger partial charge in [-0.2, -0.15) is 8.75 Å². The Morgan fingerprint density at radius 3 is 2.55 bits per heavy atom. The fourth-order valence-electron chi connectivity index (χ4n) is 4.91. The first-order valence-electron chi connectivity index (χ1n) is 9.85. The number of ketones is 1. The molecular weight excluding hydrogens is 428 g/mol. The second-order valence-corrected chi connectivity index (χ2v) is 8.85. The molecule has 0 amide bonds. The summed E-state index contributed by atoms with van der Waals surface area (Å²) in [5, 5.41) is 0. The van der Waals surface area contributed by atoms with Crippen LogP contribution in [0.4, 0.5) is 0 Å². The van der Waals surface area contributed by atoms with Gasteiger partial charge < -0.3 is 4.57 Å². The summed E-state index contributed by atoms with van der Waals surface area (Å²) >= 11 is 6.67. The molecule has 2 aromatic heterocycles. The monoisotopic (exact) mass is 444 g/mol. The van der Waals surface area contributed by atoms with Crippen LogP contribution in [0.15, 0.2) is 52.8 Å². The second kappa shape index (κ2) is 6.38. The molecule has 0 aliphatic heterocycles. The molecule has 2 aliphatic rings. The molecule has 6 nitrogen and oxygen atoms in total. The van der Waals surface area contributed by atoms with Gasteiger partial charge in [-0.3, -0.25) is 14.2 Å². The molecule has 0 saturated carbocycles. The van der Waals surface area contributed by atoms with Crippen molar-refractivity contribution in [1.82, 2.24) is 17.9 Å². The molecule has 0 fully saturated rings. The van der Waals surface area contributed by atoms with Crippen molar-refractivity contribution in [2.75, 3.05) is 0 Å². The molecular formula is C23H16N4O2S2. The highest BCUT2D eigenvalue weighted by Gasteiger charge is 2.42. The number of fused-ring (bicyclic) bond motifs is 4. The first-order chi connectivity index (χ1) is 15.0. The van der Waals surface area contributed by atoms with Crippen LogP contribution in [0.25, 0.3) is 16.6 Å². The van der Waals surface area contributed by atoms with Crippen LogP contribution in [0.3, 0.4) is 0 Å². The van der Waals surface area contributed by atoms with Crippen molar-refractivity contribution < 1.29 is 4.79 Å². The van der Waals surface area contributed by atoms with Crippen LogP contribution in [-0.2, 0) is 20.5 Å². The van der Waals surface area contributed by atoms with Crippen LogP contribution >= 0.6 is 23.9 Å². The van der Waals surface area contributed by atoms with Crippen molar-refractivity contribution in [2.24, 2.45) is 14.1 Å². The quantitative estimate of drug-likeness (QED) is 0.418. The molecule has 2 heterocycles. The van der Waals surface area contributed by atoms with E-state index in [1.807, 2.05) is 54.1 Å². The maximum absolute atomic E-state index is 13.6. The molecule has 31 heavy (non-hydrogen) atoms. The van der Waals surface area contributed by atoms with Gasteiger partial charge in [0.25, 0.3) is 5.56 Å². The van der Waals surface area contributed by atoms with Gasteiger partial charge in [-0.05, 0) is 41.1 Å². The van der Waals surface area contributed by atoms with E-state index < -0.39 is 5.92 Å². The molecule has 0 N–H and O–H groups in total. The van der Waals surface area contributed by atoms with Gasteiger partial charge in [0.2, 0.25) is 0 Å². The zero-order chi connectivity index (χ0) is 21.4. The van der Waals surface area contributed by atoms with Crippen molar-refractivity contribution in [3.8, 4) is 0 Å². The van der Waals surface area contributed by atoms with Crippen LogP contribution in [0, 0.1) is 4.77 Å². The molecule has 1 atom stereocenters. The van der Waals surface area contributed by atoms with Gasteiger partial charge in [0.1, 0.15) is 11.0 Å². The lowest BCUT2D eigenvalue weighted by atomic mass is 9.76. The highest BCUT2D eigenvalue weighted by atomic mass is 32.1. The van der Waals surface area contributed by atoms with E-state index in [0.717, 1.165) is 45.2 Å². The molecule has 4 aromatic rings. The predicted molar refractivity (Wildman–Crippen MR) is 122 cm³/mol. The maximum Gasteiger partial charge on any atom is 0.258 e. The molecule has 8 heteroatoms. The number of carbonyl (C=O) groups is 1. The molecule has 152 valence electrons. The van der Waals surface area contributed by atoms with E-state index in [1.165, 1.54) is 4.57 Å². The van der Waals surface area contributed by atoms with Gasteiger partial charge >= 0.3 is 0 Å². The largest absolute Gasteiger partial charge is 0.325 e. The van der Waals surface area contributed by atoms with Gasteiger partial charge in [0.15, 0.2) is 10.6 Å². The first kappa shape index (κ1) is 18.5. The minimum Gasteiger partial charge on any atom is -0.325 e. The number of benzene rings is 2. The Kier molecular flexibility index (Phi) is 3.82. The Hall–Kier alpha value is -3.23. The third kappa shape index (κ3) is 2.40. The van der Waals surface area contributed by atoms with Crippen molar-refractivity contribution in [1.29, 1.82) is 0 Å². The Bertz CT molecular complexity index is 1610. The van der Waals surface area contributed by atoms with E-state index in [9.17, 15) is 9.59 Å². The summed E-state index contributed by atoms with van der Waals surface area (Å²) in [6, 6.07) is 13.5. The third-order valence-electron chi connectivity index (χ3n) is 6.42.